The maximum Gasteiger partial charge on any atom is 0.325 e. The molecule has 118 valence electrons. The van der Waals surface area contributed by atoms with Gasteiger partial charge in [0.05, 0.1) is 0 Å². The number of likely N-dealkylation sites (N-methyl/N-ethyl adjacent to an activating group) is 1. The number of carboxylic acids is 1. The van der Waals surface area contributed by atoms with E-state index in [1.165, 1.54) is 5.56 Å². The third-order valence-electron chi connectivity index (χ3n) is 4.01. The van der Waals surface area contributed by atoms with E-state index in [2.05, 4.69) is 18.7 Å². The van der Waals surface area contributed by atoms with Gasteiger partial charge in [-0.05, 0) is 37.3 Å². The van der Waals surface area contributed by atoms with Gasteiger partial charge in [-0.1, -0.05) is 52.0 Å². The summed E-state index contributed by atoms with van der Waals surface area (Å²) in [6, 6.07) is 7.45. The summed E-state index contributed by atoms with van der Waals surface area (Å²) < 4.78 is 0. The molecule has 1 N–H and O–H groups in total. The van der Waals surface area contributed by atoms with Crippen LogP contribution in [0.5, 0.6) is 0 Å². The molecule has 1 atom stereocenters. The van der Waals surface area contributed by atoms with Gasteiger partial charge in [0.25, 0.3) is 0 Å². The van der Waals surface area contributed by atoms with Crippen LogP contribution >= 0.6 is 0 Å². The first-order chi connectivity index (χ1) is 10.1. The van der Waals surface area contributed by atoms with Crippen molar-refractivity contribution < 1.29 is 9.90 Å². The van der Waals surface area contributed by atoms with E-state index in [0.29, 0.717) is 0 Å². The molecule has 0 aliphatic rings. The van der Waals surface area contributed by atoms with Gasteiger partial charge in [-0.2, -0.15) is 0 Å². The maximum absolute atomic E-state index is 11.6. The second-order valence-electron chi connectivity index (χ2n) is 5.16. The van der Waals surface area contributed by atoms with Gasteiger partial charge in [-0.25, -0.2) is 0 Å². The lowest BCUT2D eigenvalue weighted by molar-refractivity contribution is -0.143. The maximum atomic E-state index is 11.6. The average Bonchev–Trinajstić information content (AvgIpc) is 2.50. The van der Waals surface area contributed by atoms with Crippen molar-refractivity contribution in [2.75, 3.05) is 26.2 Å². The number of benzene rings is 1. The van der Waals surface area contributed by atoms with E-state index in [0.717, 1.165) is 38.3 Å². The molecule has 1 unspecified atom stereocenters. The van der Waals surface area contributed by atoms with Crippen LogP contribution in [0.25, 0.3) is 0 Å². The van der Waals surface area contributed by atoms with Gasteiger partial charge in [0, 0.05) is 6.54 Å². The van der Waals surface area contributed by atoms with E-state index in [1.54, 1.807) is 0 Å². The Morgan fingerprint density at radius 3 is 1.90 bits per heavy atom. The molecule has 21 heavy (non-hydrogen) atoms. The Morgan fingerprint density at radius 2 is 1.52 bits per heavy atom. The molecule has 1 rings (SSSR count). The molecule has 0 spiro atoms. The van der Waals surface area contributed by atoms with Crippen LogP contribution in [0.3, 0.4) is 0 Å². The fraction of sp³-hybridized carbons (Fsp3) is 0.588. The van der Waals surface area contributed by atoms with Crippen LogP contribution in [0.4, 0.5) is 0 Å². The van der Waals surface area contributed by atoms with Gasteiger partial charge in [0.2, 0.25) is 0 Å². The molecule has 0 saturated carbocycles. The number of carboxylic acid groups (broad SMARTS) is 1. The number of carbonyl (C=O) groups is 1. The monoisotopic (exact) mass is 292 g/mol. The molecule has 0 saturated heterocycles. The normalized spacial score (nSPS) is 12.9. The Bertz CT molecular complexity index is 423. The molecule has 0 aliphatic heterocycles. The Labute approximate surface area is 128 Å². The lowest BCUT2D eigenvalue weighted by Gasteiger charge is -2.26. The summed E-state index contributed by atoms with van der Waals surface area (Å²) in [7, 11) is 0. The third kappa shape index (κ3) is 4.83. The highest BCUT2D eigenvalue weighted by molar-refractivity contribution is 5.75. The summed E-state index contributed by atoms with van der Waals surface area (Å²) in [6.45, 7) is 12.7. The summed E-state index contributed by atoms with van der Waals surface area (Å²) in [4.78, 5) is 15.9. The topological polar surface area (TPSA) is 43.8 Å². The van der Waals surface area contributed by atoms with Crippen molar-refractivity contribution >= 4 is 5.97 Å². The quantitative estimate of drug-likeness (QED) is 0.760. The molecule has 0 aromatic heterocycles. The zero-order valence-corrected chi connectivity index (χ0v) is 13.7. The van der Waals surface area contributed by atoms with Gasteiger partial charge >= 0.3 is 5.97 Å². The van der Waals surface area contributed by atoms with Crippen molar-refractivity contribution in [1.29, 1.82) is 0 Å². The van der Waals surface area contributed by atoms with E-state index in [9.17, 15) is 9.90 Å². The van der Waals surface area contributed by atoms with Crippen LogP contribution in [-0.4, -0.2) is 47.1 Å². The van der Waals surface area contributed by atoms with Crippen LogP contribution < -0.4 is 0 Å². The summed E-state index contributed by atoms with van der Waals surface area (Å²) in [6.07, 6.45) is 0. The molecule has 0 amide bonds. The highest BCUT2D eigenvalue weighted by atomic mass is 16.4. The zero-order chi connectivity index (χ0) is 15.8. The predicted octanol–water partition coefficient (Wildman–Crippen LogP) is 3.00. The van der Waals surface area contributed by atoms with Crippen molar-refractivity contribution in [2.24, 2.45) is 0 Å². The van der Waals surface area contributed by atoms with Crippen LogP contribution in [-0.2, 0) is 11.3 Å². The van der Waals surface area contributed by atoms with E-state index < -0.39 is 12.0 Å². The molecule has 0 bridgehead atoms. The average molecular weight is 292 g/mol. The fourth-order valence-corrected chi connectivity index (χ4v) is 2.61. The van der Waals surface area contributed by atoms with E-state index in [4.69, 9.17) is 0 Å². The van der Waals surface area contributed by atoms with Gasteiger partial charge in [-0.3, -0.25) is 14.6 Å². The second kappa shape index (κ2) is 8.80. The molecule has 4 heteroatoms. The Kier molecular flexibility index (Phi) is 7.40. The molecule has 0 heterocycles. The van der Waals surface area contributed by atoms with Gasteiger partial charge in [0.15, 0.2) is 0 Å². The largest absolute Gasteiger partial charge is 0.480 e. The van der Waals surface area contributed by atoms with Crippen molar-refractivity contribution in [1.82, 2.24) is 9.80 Å². The fourth-order valence-electron chi connectivity index (χ4n) is 2.61. The smallest absolute Gasteiger partial charge is 0.325 e. The minimum absolute atomic E-state index is 0.553. The molecule has 4 nitrogen and oxygen atoms in total. The lowest BCUT2D eigenvalue weighted by Crippen LogP contribution is -2.33. The van der Waals surface area contributed by atoms with Crippen molar-refractivity contribution in [3.63, 3.8) is 0 Å². The Hall–Kier alpha value is -1.39. The van der Waals surface area contributed by atoms with Gasteiger partial charge in [-0.15, -0.1) is 0 Å². The first kappa shape index (κ1) is 17.7. The SMILES string of the molecule is CCN(CC)Cc1ccc(C(C(=O)O)N(CC)CC)cc1. The van der Waals surface area contributed by atoms with Crippen LogP contribution in [0.15, 0.2) is 24.3 Å². The van der Waals surface area contributed by atoms with Crippen molar-refractivity contribution in [3.8, 4) is 0 Å². The minimum atomic E-state index is -0.782. The zero-order valence-electron chi connectivity index (χ0n) is 13.7. The highest BCUT2D eigenvalue weighted by Crippen LogP contribution is 2.21. The van der Waals surface area contributed by atoms with E-state index >= 15 is 0 Å². The van der Waals surface area contributed by atoms with E-state index in [1.807, 2.05) is 43.0 Å². The molecule has 0 radical (unpaired) electrons. The number of hydrogen-bond donors (Lipinski definition) is 1. The van der Waals surface area contributed by atoms with Crippen LogP contribution in [0, 0.1) is 0 Å². The molecular formula is C17H28N2O2. The molecule has 1 aromatic rings. The van der Waals surface area contributed by atoms with E-state index in [-0.39, 0.29) is 0 Å². The first-order valence-corrected chi connectivity index (χ1v) is 7.85. The first-order valence-electron chi connectivity index (χ1n) is 7.85. The third-order valence-corrected chi connectivity index (χ3v) is 4.01. The number of nitrogens with zero attached hydrogens (tertiary/aromatic N) is 2. The molecular weight excluding hydrogens is 264 g/mol. The van der Waals surface area contributed by atoms with Crippen molar-refractivity contribution in [2.45, 2.75) is 40.3 Å². The lowest BCUT2D eigenvalue weighted by atomic mass is 10.0. The molecule has 0 fully saturated rings. The van der Waals surface area contributed by atoms with Gasteiger partial charge < -0.3 is 5.11 Å². The second-order valence-corrected chi connectivity index (χ2v) is 5.16. The summed E-state index contributed by atoms with van der Waals surface area (Å²) in [5.41, 5.74) is 2.08. The summed E-state index contributed by atoms with van der Waals surface area (Å²) in [5.74, 6) is -0.782. The summed E-state index contributed by atoms with van der Waals surface area (Å²) >= 11 is 0. The standard InChI is InChI=1S/C17H28N2O2/c1-5-18(6-2)13-14-9-11-15(12-10-14)16(17(20)21)19(7-3)8-4/h9-12,16H,5-8,13H2,1-4H3,(H,20,21). The predicted molar refractivity (Wildman–Crippen MR) is 86.4 cm³/mol. The minimum Gasteiger partial charge on any atom is -0.480 e. The van der Waals surface area contributed by atoms with Crippen LogP contribution in [0.1, 0.15) is 44.9 Å². The Morgan fingerprint density at radius 1 is 1.00 bits per heavy atom. The summed E-state index contributed by atoms with van der Waals surface area (Å²) in [5, 5.41) is 9.50. The van der Waals surface area contributed by atoms with Gasteiger partial charge in [0.1, 0.15) is 6.04 Å². The number of rotatable bonds is 9. The molecule has 1 aromatic carbocycles. The Balaban J connectivity index is 2.90. The van der Waals surface area contributed by atoms with Crippen LogP contribution in [0.2, 0.25) is 0 Å². The van der Waals surface area contributed by atoms with Crippen molar-refractivity contribution in [3.05, 3.63) is 35.4 Å². The highest BCUT2D eigenvalue weighted by Gasteiger charge is 2.25. The molecule has 0 aliphatic carbocycles. The number of hydrogen-bond acceptors (Lipinski definition) is 3. The number of aliphatic carboxylic acids is 1.